The first kappa shape index (κ1) is 19.4. The predicted octanol–water partition coefficient (Wildman–Crippen LogP) is 5.76. The number of hydrogen-bond donors (Lipinski definition) is 2. The number of rotatable bonds is 6. The smallest absolute Gasteiger partial charge is 0.226 e. The van der Waals surface area contributed by atoms with E-state index in [0.717, 1.165) is 27.2 Å². The van der Waals surface area contributed by atoms with Gasteiger partial charge in [-0.3, -0.25) is 4.79 Å². The summed E-state index contributed by atoms with van der Waals surface area (Å²) in [4.78, 5) is 23.3. The number of benzene rings is 2. The van der Waals surface area contributed by atoms with E-state index in [0.29, 0.717) is 23.7 Å². The van der Waals surface area contributed by atoms with Crippen molar-refractivity contribution in [2.75, 3.05) is 17.2 Å². The van der Waals surface area contributed by atoms with Gasteiger partial charge in [0.05, 0.1) is 16.1 Å². The number of halogens is 1. The van der Waals surface area contributed by atoms with Gasteiger partial charge in [0.1, 0.15) is 17.0 Å². The minimum atomic E-state index is -0.110. The molecule has 0 aliphatic heterocycles. The molecule has 0 unspecified atom stereocenters. The number of fused-ring (bicyclic) bond motifs is 1. The zero-order chi connectivity index (χ0) is 20.2. The summed E-state index contributed by atoms with van der Waals surface area (Å²) in [6.07, 6.45) is 1.85. The molecule has 4 rings (SSSR count). The van der Waals surface area contributed by atoms with E-state index in [1.807, 2.05) is 30.3 Å². The van der Waals surface area contributed by atoms with Gasteiger partial charge >= 0.3 is 0 Å². The maximum Gasteiger partial charge on any atom is 0.226 e. The van der Waals surface area contributed by atoms with Gasteiger partial charge in [0.2, 0.25) is 5.91 Å². The van der Waals surface area contributed by atoms with Gasteiger partial charge in [-0.1, -0.05) is 54.1 Å². The van der Waals surface area contributed by atoms with E-state index < -0.39 is 0 Å². The van der Waals surface area contributed by atoms with Crippen LogP contribution in [0.25, 0.3) is 21.3 Å². The first-order valence-electron chi connectivity index (χ1n) is 9.21. The van der Waals surface area contributed by atoms with Crippen molar-refractivity contribution < 1.29 is 4.79 Å². The summed E-state index contributed by atoms with van der Waals surface area (Å²) in [7, 11) is 0. The molecule has 146 valence electrons. The fourth-order valence-corrected chi connectivity index (χ4v) is 4.40. The van der Waals surface area contributed by atoms with E-state index >= 15 is 0 Å². The molecular weight excluding hydrogens is 404 g/mol. The van der Waals surface area contributed by atoms with Crippen molar-refractivity contribution in [1.82, 2.24) is 9.97 Å². The van der Waals surface area contributed by atoms with Crippen LogP contribution in [-0.2, 0) is 4.79 Å². The van der Waals surface area contributed by atoms with E-state index in [1.54, 1.807) is 29.8 Å². The second-order valence-electron chi connectivity index (χ2n) is 6.51. The molecule has 2 aromatic carbocycles. The highest BCUT2D eigenvalue weighted by atomic mass is 35.5. The number of anilines is 2. The van der Waals surface area contributed by atoms with Gasteiger partial charge < -0.3 is 10.6 Å². The van der Waals surface area contributed by atoms with Crippen LogP contribution in [0.5, 0.6) is 0 Å². The van der Waals surface area contributed by atoms with Crippen molar-refractivity contribution in [3.8, 4) is 11.1 Å². The van der Waals surface area contributed by atoms with Crippen LogP contribution in [0.1, 0.15) is 11.3 Å². The van der Waals surface area contributed by atoms with Crippen molar-refractivity contribution in [2.24, 2.45) is 0 Å². The van der Waals surface area contributed by atoms with E-state index in [2.05, 4.69) is 39.7 Å². The Labute approximate surface area is 177 Å². The number of hydrogen-bond acceptors (Lipinski definition) is 5. The van der Waals surface area contributed by atoms with Gasteiger partial charge in [-0.15, -0.1) is 11.3 Å². The van der Waals surface area contributed by atoms with E-state index in [1.165, 1.54) is 4.88 Å². The molecule has 0 aliphatic carbocycles. The molecule has 29 heavy (non-hydrogen) atoms. The van der Waals surface area contributed by atoms with Crippen LogP contribution in [-0.4, -0.2) is 22.4 Å². The van der Waals surface area contributed by atoms with Gasteiger partial charge in [-0.05, 0) is 24.6 Å². The number of thiophene rings is 1. The quantitative estimate of drug-likeness (QED) is 0.414. The minimum Gasteiger partial charge on any atom is -0.369 e. The van der Waals surface area contributed by atoms with E-state index in [-0.39, 0.29) is 5.91 Å². The summed E-state index contributed by atoms with van der Waals surface area (Å²) in [6.45, 7) is 2.54. The third kappa shape index (κ3) is 4.23. The molecule has 0 bridgehead atoms. The lowest BCUT2D eigenvalue weighted by molar-refractivity contribution is -0.115. The fraction of sp³-hybridized carbons (Fsp3) is 0.136. The second-order valence-corrected chi connectivity index (χ2v) is 8.12. The van der Waals surface area contributed by atoms with Crippen molar-refractivity contribution in [1.29, 1.82) is 0 Å². The average Bonchev–Trinajstić information content (AvgIpc) is 3.07. The Morgan fingerprint density at radius 2 is 1.83 bits per heavy atom. The van der Waals surface area contributed by atoms with Crippen LogP contribution in [0, 0.1) is 6.92 Å². The number of amides is 1. The maximum atomic E-state index is 12.3. The molecule has 2 N–H and O–H groups in total. The zero-order valence-corrected chi connectivity index (χ0v) is 17.3. The van der Waals surface area contributed by atoms with E-state index in [4.69, 9.17) is 11.6 Å². The van der Waals surface area contributed by atoms with Crippen LogP contribution in [0.15, 0.2) is 60.9 Å². The van der Waals surface area contributed by atoms with Crippen molar-refractivity contribution >= 4 is 50.6 Å². The molecule has 0 saturated heterocycles. The molecule has 2 aromatic heterocycles. The third-order valence-corrected chi connectivity index (χ3v) is 5.86. The summed E-state index contributed by atoms with van der Waals surface area (Å²) in [6, 6.07) is 17.4. The molecule has 0 atom stereocenters. The lowest BCUT2D eigenvalue weighted by atomic mass is 10.0. The molecule has 7 heteroatoms. The summed E-state index contributed by atoms with van der Waals surface area (Å²) in [5, 5.41) is 7.65. The third-order valence-electron chi connectivity index (χ3n) is 4.52. The summed E-state index contributed by atoms with van der Waals surface area (Å²) in [5.74, 6) is 0.629. The van der Waals surface area contributed by atoms with Crippen LogP contribution >= 0.6 is 22.9 Å². The number of para-hydroxylation sites is 1. The molecular formula is C22H19ClN4OS. The standard InChI is InChI=1S/C22H19ClN4OS/c1-14-19(15-7-3-2-4-8-15)20-21(25-13-26-22(20)29-14)24-12-11-18(28)27-17-10-6-5-9-16(17)23/h2-10,13H,11-12H2,1H3,(H,27,28)(H,24,25,26). The van der Waals surface area contributed by atoms with Crippen molar-refractivity contribution in [3.05, 3.63) is 70.8 Å². The van der Waals surface area contributed by atoms with E-state index in [9.17, 15) is 4.79 Å². The maximum absolute atomic E-state index is 12.3. The van der Waals surface area contributed by atoms with Gasteiger partial charge in [0, 0.05) is 23.4 Å². The van der Waals surface area contributed by atoms with Gasteiger partial charge in [0.25, 0.3) is 0 Å². The Bertz CT molecular complexity index is 1160. The molecule has 2 heterocycles. The molecule has 5 nitrogen and oxygen atoms in total. The largest absolute Gasteiger partial charge is 0.369 e. The van der Waals surface area contributed by atoms with Crippen LogP contribution in [0.4, 0.5) is 11.5 Å². The molecule has 0 aliphatic rings. The summed E-state index contributed by atoms with van der Waals surface area (Å²) in [5.41, 5.74) is 2.88. The number of nitrogens with zero attached hydrogens (tertiary/aromatic N) is 2. The average molecular weight is 423 g/mol. The molecule has 0 saturated carbocycles. The predicted molar refractivity (Wildman–Crippen MR) is 121 cm³/mol. The highest BCUT2D eigenvalue weighted by Gasteiger charge is 2.16. The number of aromatic nitrogens is 2. The molecule has 0 spiro atoms. The number of aryl methyl sites for hydroxylation is 1. The Hall–Kier alpha value is -2.96. The summed E-state index contributed by atoms with van der Waals surface area (Å²) >= 11 is 7.74. The Morgan fingerprint density at radius 3 is 2.62 bits per heavy atom. The fourth-order valence-electron chi connectivity index (χ4n) is 3.20. The normalized spacial score (nSPS) is 10.8. The SMILES string of the molecule is Cc1sc2ncnc(NCCC(=O)Nc3ccccc3Cl)c2c1-c1ccccc1. The number of nitrogens with one attached hydrogen (secondary N) is 2. The number of carbonyl (C=O) groups is 1. The minimum absolute atomic E-state index is 0.110. The molecule has 0 radical (unpaired) electrons. The molecule has 4 aromatic rings. The van der Waals surface area contributed by atoms with Crippen LogP contribution < -0.4 is 10.6 Å². The van der Waals surface area contributed by atoms with Crippen LogP contribution in [0.3, 0.4) is 0 Å². The van der Waals surface area contributed by atoms with Gasteiger partial charge in [-0.2, -0.15) is 0 Å². The first-order valence-corrected chi connectivity index (χ1v) is 10.4. The Morgan fingerprint density at radius 1 is 1.07 bits per heavy atom. The number of carbonyl (C=O) groups excluding carboxylic acids is 1. The highest BCUT2D eigenvalue weighted by molar-refractivity contribution is 7.19. The highest BCUT2D eigenvalue weighted by Crippen LogP contribution is 2.40. The lowest BCUT2D eigenvalue weighted by Gasteiger charge is -2.10. The molecule has 0 fully saturated rings. The first-order chi connectivity index (χ1) is 14.1. The summed E-state index contributed by atoms with van der Waals surface area (Å²) < 4.78 is 0. The Balaban J connectivity index is 1.51. The molecule has 1 amide bonds. The lowest BCUT2D eigenvalue weighted by Crippen LogP contribution is -2.17. The Kier molecular flexibility index (Phi) is 5.74. The van der Waals surface area contributed by atoms with Crippen molar-refractivity contribution in [2.45, 2.75) is 13.3 Å². The topological polar surface area (TPSA) is 66.9 Å². The van der Waals surface area contributed by atoms with Crippen LogP contribution in [0.2, 0.25) is 5.02 Å². The monoisotopic (exact) mass is 422 g/mol. The van der Waals surface area contributed by atoms with Gasteiger partial charge in [0.15, 0.2) is 0 Å². The zero-order valence-electron chi connectivity index (χ0n) is 15.8. The second kappa shape index (κ2) is 8.59. The van der Waals surface area contributed by atoms with Crippen molar-refractivity contribution in [3.63, 3.8) is 0 Å². The van der Waals surface area contributed by atoms with Gasteiger partial charge in [-0.25, -0.2) is 9.97 Å².